The lowest BCUT2D eigenvalue weighted by atomic mass is 9.98. The van der Waals surface area contributed by atoms with Gasteiger partial charge in [-0.2, -0.15) is 5.26 Å². The smallest absolute Gasteiger partial charge is 0.310 e. The SMILES string of the molecule is Cc1ccc2c(CC(=O)OCC(=O)N[C@@](C)(C#N)C3CC3)coc2c1C. The monoisotopic (exact) mass is 354 g/mol. The molecule has 136 valence electrons. The number of benzene rings is 1. The van der Waals surface area contributed by atoms with Crippen molar-refractivity contribution in [2.24, 2.45) is 5.92 Å². The van der Waals surface area contributed by atoms with Crippen LogP contribution in [0.25, 0.3) is 11.0 Å². The van der Waals surface area contributed by atoms with E-state index in [-0.39, 0.29) is 12.3 Å². The van der Waals surface area contributed by atoms with Gasteiger partial charge in [0.1, 0.15) is 11.1 Å². The Labute approximate surface area is 152 Å². The Hall–Kier alpha value is -2.81. The zero-order chi connectivity index (χ0) is 18.9. The summed E-state index contributed by atoms with van der Waals surface area (Å²) in [6.45, 7) is 5.28. The summed E-state index contributed by atoms with van der Waals surface area (Å²) in [5.74, 6) is -0.792. The Bertz CT molecular complexity index is 904. The van der Waals surface area contributed by atoms with E-state index in [9.17, 15) is 14.9 Å². The molecule has 0 aliphatic heterocycles. The molecule has 1 aliphatic carbocycles. The molecular weight excluding hydrogens is 332 g/mol. The van der Waals surface area contributed by atoms with Gasteiger partial charge in [-0.1, -0.05) is 12.1 Å². The van der Waals surface area contributed by atoms with Gasteiger partial charge in [-0.15, -0.1) is 0 Å². The molecule has 26 heavy (non-hydrogen) atoms. The summed E-state index contributed by atoms with van der Waals surface area (Å²) in [4.78, 5) is 24.1. The Kier molecular flexibility index (Phi) is 4.73. The van der Waals surface area contributed by atoms with E-state index in [1.54, 1.807) is 13.2 Å². The number of hydrogen-bond acceptors (Lipinski definition) is 5. The van der Waals surface area contributed by atoms with Gasteiger partial charge in [-0.25, -0.2) is 0 Å². The number of nitriles is 1. The molecule has 1 aromatic carbocycles. The molecule has 6 nitrogen and oxygen atoms in total. The van der Waals surface area contributed by atoms with Crippen LogP contribution in [0.15, 0.2) is 22.8 Å². The maximum Gasteiger partial charge on any atom is 0.310 e. The number of nitrogens with zero attached hydrogens (tertiary/aromatic N) is 1. The van der Waals surface area contributed by atoms with Gasteiger partial charge >= 0.3 is 5.97 Å². The molecule has 0 spiro atoms. The number of fused-ring (bicyclic) bond motifs is 1. The van der Waals surface area contributed by atoms with Gasteiger partial charge in [0.2, 0.25) is 0 Å². The highest BCUT2D eigenvalue weighted by molar-refractivity contribution is 5.89. The molecular formula is C20H22N2O4. The standard InChI is InChI=1S/C20H22N2O4/c1-12-4-7-16-14(9-26-19(16)13(12)2)8-18(24)25-10-17(23)22-20(3,11-21)15-5-6-15/h4,7,9,15H,5-6,8,10H2,1-3H3,(H,22,23)/t20-/m0/s1. The van der Waals surface area contributed by atoms with Crippen LogP contribution in [-0.4, -0.2) is 24.0 Å². The van der Waals surface area contributed by atoms with Crippen LogP contribution in [0.3, 0.4) is 0 Å². The third-order valence-corrected chi connectivity index (χ3v) is 5.07. The van der Waals surface area contributed by atoms with Crippen molar-refractivity contribution in [3.63, 3.8) is 0 Å². The van der Waals surface area contributed by atoms with Crippen molar-refractivity contribution in [2.45, 2.75) is 45.6 Å². The molecule has 0 saturated heterocycles. The summed E-state index contributed by atoms with van der Waals surface area (Å²) in [5, 5.41) is 12.8. The fourth-order valence-electron chi connectivity index (χ4n) is 3.09. The lowest BCUT2D eigenvalue weighted by molar-refractivity contribution is -0.148. The van der Waals surface area contributed by atoms with Crippen LogP contribution in [-0.2, 0) is 20.7 Å². The fourth-order valence-corrected chi connectivity index (χ4v) is 3.09. The molecule has 6 heteroatoms. The van der Waals surface area contributed by atoms with E-state index in [0.717, 1.165) is 40.5 Å². The molecule has 1 atom stereocenters. The van der Waals surface area contributed by atoms with Gasteiger partial charge in [0, 0.05) is 10.9 Å². The van der Waals surface area contributed by atoms with E-state index in [1.165, 1.54) is 0 Å². The van der Waals surface area contributed by atoms with Crippen LogP contribution in [0.1, 0.15) is 36.5 Å². The molecule has 2 aromatic rings. The van der Waals surface area contributed by atoms with E-state index in [0.29, 0.717) is 0 Å². The van der Waals surface area contributed by atoms with E-state index < -0.39 is 24.0 Å². The summed E-state index contributed by atoms with van der Waals surface area (Å²) in [5.41, 5.74) is 2.76. The number of ether oxygens (including phenoxy) is 1. The summed E-state index contributed by atoms with van der Waals surface area (Å²) in [7, 11) is 0. The van der Waals surface area contributed by atoms with Crippen LogP contribution >= 0.6 is 0 Å². The maximum atomic E-state index is 12.1. The third-order valence-electron chi connectivity index (χ3n) is 5.07. The van der Waals surface area contributed by atoms with E-state index in [4.69, 9.17) is 9.15 Å². The van der Waals surface area contributed by atoms with Gasteiger partial charge in [-0.3, -0.25) is 9.59 Å². The molecule has 1 heterocycles. The van der Waals surface area contributed by atoms with Crippen LogP contribution in [0.2, 0.25) is 0 Å². The third kappa shape index (κ3) is 3.57. The number of esters is 1. The van der Waals surface area contributed by atoms with Gasteiger partial charge in [0.15, 0.2) is 6.61 Å². The molecule has 1 N–H and O–H groups in total. The van der Waals surface area contributed by atoms with Crippen molar-refractivity contribution in [3.05, 3.63) is 35.1 Å². The molecule has 1 saturated carbocycles. The highest BCUT2D eigenvalue weighted by atomic mass is 16.5. The Morgan fingerprint density at radius 1 is 1.38 bits per heavy atom. The van der Waals surface area contributed by atoms with Crippen molar-refractivity contribution in [1.82, 2.24) is 5.32 Å². The molecule has 0 unspecified atom stereocenters. The number of carbonyl (C=O) groups excluding carboxylic acids is 2. The van der Waals surface area contributed by atoms with Crippen LogP contribution in [0.5, 0.6) is 0 Å². The zero-order valence-corrected chi connectivity index (χ0v) is 15.2. The predicted octanol–water partition coefficient (Wildman–Crippen LogP) is 2.94. The molecule has 1 fully saturated rings. The van der Waals surface area contributed by atoms with Gasteiger partial charge in [0.25, 0.3) is 5.91 Å². The van der Waals surface area contributed by atoms with Crippen LogP contribution in [0, 0.1) is 31.1 Å². The number of hydrogen-bond donors (Lipinski definition) is 1. The highest BCUT2D eigenvalue weighted by Crippen LogP contribution is 2.39. The lowest BCUT2D eigenvalue weighted by Crippen LogP contribution is -2.48. The van der Waals surface area contributed by atoms with Crippen molar-refractivity contribution >= 4 is 22.8 Å². The average molecular weight is 354 g/mol. The van der Waals surface area contributed by atoms with E-state index in [2.05, 4.69) is 11.4 Å². The second-order valence-electron chi connectivity index (χ2n) is 7.12. The molecule has 0 radical (unpaired) electrons. The molecule has 3 rings (SSSR count). The first kappa shape index (κ1) is 18.0. The summed E-state index contributed by atoms with van der Waals surface area (Å²) in [6.07, 6.45) is 3.44. The largest absolute Gasteiger partial charge is 0.464 e. The van der Waals surface area contributed by atoms with Gasteiger partial charge < -0.3 is 14.5 Å². The first-order valence-corrected chi connectivity index (χ1v) is 8.68. The van der Waals surface area contributed by atoms with Crippen molar-refractivity contribution in [2.75, 3.05) is 6.61 Å². The summed E-state index contributed by atoms with van der Waals surface area (Å²) >= 11 is 0. The number of furan rings is 1. The number of amides is 1. The lowest BCUT2D eigenvalue weighted by Gasteiger charge is -2.22. The molecule has 1 aromatic heterocycles. The Morgan fingerprint density at radius 3 is 2.77 bits per heavy atom. The average Bonchev–Trinajstić information content (AvgIpc) is 3.39. The fraction of sp³-hybridized carbons (Fsp3) is 0.450. The Morgan fingerprint density at radius 2 is 2.12 bits per heavy atom. The first-order chi connectivity index (χ1) is 12.3. The van der Waals surface area contributed by atoms with Crippen LogP contribution in [0.4, 0.5) is 0 Å². The highest BCUT2D eigenvalue weighted by Gasteiger charge is 2.43. The number of nitrogens with one attached hydrogen (secondary N) is 1. The number of carbonyl (C=O) groups is 2. The minimum absolute atomic E-state index is 0.0287. The minimum atomic E-state index is -0.889. The normalized spacial score (nSPS) is 15.9. The summed E-state index contributed by atoms with van der Waals surface area (Å²) in [6, 6.07) is 6.04. The number of aryl methyl sites for hydroxylation is 2. The minimum Gasteiger partial charge on any atom is -0.464 e. The molecule has 0 bridgehead atoms. The first-order valence-electron chi connectivity index (χ1n) is 8.68. The topological polar surface area (TPSA) is 92.3 Å². The van der Waals surface area contributed by atoms with Gasteiger partial charge in [-0.05, 0) is 50.7 Å². The van der Waals surface area contributed by atoms with Crippen molar-refractivity contribution < 1.29 is 18.7 Å². The van der Waals surface area contributed by atoms with Crippen molar-refractivity contribution in [3.8, 4) is 6.07 Å². The van der Waals surface area contributed by atoms with E-state index >= 15 is 0 Å². The quantitative estimate of drug-likeness (QED) is 0.805. The van der Waals surface area contributed by atoms with Gasteiger partial charge in [0.05, 0.1) is 18.8 Å². The van der Waals surface area contributed by atoms with Crippen molar-refractivity contribution in [1.29, 1.82) is 5.26 Å². The van der Waals surface area contributed by atoms with Crippen LogP contribution < -0.4 is 5.32 Å². The maximum absolute atomic E-state index is 12.1. The van der Waals surface area contributed by atoms with E-state index in [1.807, 2.05) is 26.0 Å². The predicted molar refractivity (Wildman–Crippen MR) is 95.2 cm³/mol. The Balaban J connectivity index is 1.57. The molecule has 1 amide bonds. The number of rotatable bonds is 6. The second-order valence-corrected chi connectivity index (χ2v) is 7.12. The summed E-state index contributed by atoms with van der Waals surface area (Å²) < 4.78 is 10.6. The molecule has 1 aliphatic rings. The zero-order valence-electron chi connectivity index (χ0n) is 15.2. The second kappa shape index (κ2) is 6.83.